The van der Waals surface area contributed by atoms with Gasteiger partial charge < -0.3 is 4.52 Å². The van der Waals surface area contributed by atoms with Crippen LogP contribution in [0.4, 0.5) is 8.78 Å². The molecule has 1 aromatic heterocycles. The molecule has 6 heteroatoms. The molecule has 1 heterocycles. The predicted octanol–water partition coefficient (Wildman–Crippen LogP) is 3.10. The molecule has 1 aliphatic rings. The first-order chi connectivity index (χ1) is 7.11. The van der Waals surface area contributed by atoms with Crippen molar-refractivity contribution in [1.29, 1.82) is 0 Å². The van der Waals surface area contributed by atoms with Crippen molar-refractivity contribution < 1.29 is 13.3 Å². The minimum Gasteiger partial charge on any atom is -0.339 e. The highest BCUT2D eigenvalue weighted by atomic mass is 35.5. The fourth-order valence-corrected chi connectivity index (χ4v) is 1.88. The van der Waals surface area contributed by atoms with E-state index in [1.807, 2.05) is 0 Å². The second-order valence-electron chi connectivity index (χ2n) is 3.81. The third kappa shape index (κ3) is 2.45. The first kappa shape index (κ1) is 10.8. The molecular weight excluding hydrogens is 226 g/mol. The van der Waals surface area contributed by atoms with E-state index in [1.54, 1.807) is 0 Å². The lowest BCUT2D eigenvalue weighted by Crippen LogP contribution is -2.23. The first-order valence-corrected chi connectivity index (χ1v) is 5.40. The Morgan fingerprint density at radius 2 is 2.07 bits per heavy atom. The van der Waals surface area contributed by atoms with Crippen LogP contribution in [-0.4, -0.2) is 16.1 Å². The van der Waals surface area contributed by atoms with Crippen molar-refractivity contribution >= 4 is 11.6 Å². The van der Waals surface area contributed by atoms with Crippen LogP contribution >= 0.6 is 11.6 Å². The molecule has 15 heavy (non-hydrogen) atoms. The van der Waals surface area contributed by atoms with Crippen LogP contribution < -0.4 is 0 Å². The maximum Gasteiger partial charge on any atom is 0.248 e. The SMILES string of the molecule is FC1(F)CCC(c2nc(CCl)no2)CC1. The largest absolute Gasteiger partial charge is 0.339 e. The van der Waals surface area contributed by atoms with Crippen LogP contribution in [0.5, 0.6) is 0 Å². The molecule has 1 aliphatic carbocycles. The highest BCUT2D eigenvalue weighted by molar-refractivity contribution is 6.16. The lowest BCUT2D eigenvalue weighted by atomic mass is 9.87. The number of hydrogen-bond donors (Lipinski definition) is 0. The van der Waals surface area contributed by atoms with Crippen LogP contribution in [0.15, 0.2) is 4.52 Å². The lowest BCUT2D eigenvalue weighted by Gasteiger charge is -2.25. The Labute approximate surface area is 90.8 Å². The minimum absolute atomic E-state index is 0.0332. The van der Waals surface area contributed by atoms with Gasteiger partial charge in [-0.1, -0.05) is 5.16 Å². The third-order valence-electron chi connectivity index (χ3n) is 2.67. The maximum atomic E-state index is 12.9. The molecule has 1 saturated carbocycles. The van der Waals surface area contributed by atoms with Gasteiger partial charge in [0.05, 0.1) is 5.88 Å². The van der Waals surface area contributed by atoms with Crippen LogP contribution in [0.1, 0.15) is 43.3 Å². The van der Waals surface area contributed by atoms with Gasteiger partial charge in [-0.05, 0) is 12.8 Å². The van der Waals surface area contributed by atoms with Crippen LogP contribution in [0.2, 0.25) is 0 Å². The lowest BCUT2D eigenvalue weighted by molar-refractivity contribution is -0.0402. The van der Waals surface area contributed by atoms with Crippen molar-refractivity contribution in [3.05, 3.63) is 11.7 Å². The van der Waals surface area contributed by atoms with E-state index in [0.29, 0.717) is 24.6 Å². The second kappa shape index (κ2) is 4.04. The van der Waals surface area contributed by atoms with Gasteiger partial charge >= 0.3 is 0 Å². The molecule has 84 valence electrons. The zero-order valence-corrected chi connectivity index (χ0v) is 8.81. The van der Waals surface area contributed by atoms with Crippen molar-refractivity contribution in [2.24, 2.45) is 0 Å². The summed E-state index contributed by atoms with van der Waals surface area (Å²) in [6, 6.07) is 0. The van der Waals surface area contributed by atoms with Gasteiger partial charge in [-0.2, -0.15) is 4.98 Å². The Balaban J connectivity index is 2.01. The molecule has 0 radical (unpaired) electrons. The summed E-state index contributed by atoms with van der Waals surface area (Å²) >= 11 is 5.52. The van der Waals surface area contributed by atoms with Crippen molar-refractivity contribution in [3.63, 3.8) is 0 Å². The normalized spacial score (nSPS) is 21.8. The van der Waals surface area contributed by atoms with E-state index >= 15 is 0 Å². The summed E-state index contributed by atoms with van der Waals surface area (Å²) in [5.74, 6) is -1.50. The summed E-state index contributed by atoms with van der Waals surface area (Å²) in [5, 5.41) is 3.64. The average Bonchev–Trinajstić information content (AvgIpc) is 2.66. The Kier molecular flexibility index (Phi) is 2.91. The van der Waals surface area contributed by atoms with Crippen molar-refractivity contribution in [2.45, 2.75) is 43.4 Å². The van der Waals surface area contributed by atoms with Gasteiger partial charge in [0.15, 0.2) is 5.82 Å². The molecule has 3 nitrogen and oxygen atoms in total. The van der Waals surface area contributed by atoms with Crippen LogP contribution in [-0.2, 0) is 5.88 Å². The van der Waals surface area contributed by atoms with E-state index in [4.69, 9.17) is 16.1 Å². The summed E-state index contributed by atoms with van der Waals surface area (Å²) < 4.78 is 30.7. The number of nitrogens with zero attached hydrogens (tertiary/aromatic N) is 2. The van der Waals surface area contributed by atoms with Crippen molar-refractivity contribution in [1.82, 2.24) is 10.1 Å². The van der Waals surface area contributed by atoms with Gasteiger partial charge in [0, 0.05) is 18.8 Å². The molecule has 0 atom stereocenters. The fraction of sp³-hybridized carbons (Fsp3) is 0.778. The minimum atomic E-state index is -2.52. The first-order valence-electron chi connectivity index (χ1n) is 4.87. The fourth-order valence-electron chi connectivity index (χ4n) is 1.77. The van der Waals surface area contributed by atoms with Gasteiger partial charge in [-0.25, -0.2) is 8.78 Å². The van der Waals surface area contributed by atoms with Gasteiger partial charge in [-0.3, -0.25) is 0 Å². The summed E-state index contributed by atoms with van der Waals surface area (Å²) in [6.45, 7) is 0. The second-order valence-corrected chi connectivity index (χ2v) is 4.08. The quantitative estimate of drug-likeness (QED) is 0.741. The highest BCUT2D eigenvalue weighted by Crippen LogP contribution is 2.40. The molecule has 0 bridgehead atoms. The molecule has 0 unspecified atom stereocenters. The molecular formula is C9H11ClF2N2O. The molecule has 1 fully saturated rings. The molecule has 1 aromatic rings. The van der Waals surface area contributed by atoms with E-state index in [2.05, 4.69) is 10.1 Å². The number of halogens is 3. The Hall–Kier alpha value is -0.710. The number of alkyl halides is 3. The molecule has 0 spiro atoms. The van der Waals surface area contributed by atoms with E-state index < -0.39 is 5.92 Å². The molecule has 0 aliphatic heterocycles. The summed E-state index contributed by atoms with van der Waals surface area (Å²) in [5.41, 5.74) is 0. The van der Waals surface area contributed by atoms with Crippen LogP contribution in [0, 0.1) is 0 Å². The third-order valence-corrected chi connectivity index (χ3v) is 2.91. The van der Waals surface area contributed by atoms with E-state index in [9.17, 15) is 8.78 Å². The molecule has 0 saturated heterocycles. The molecule has 0 aromatic carbocycles. The maximum absolute atomic E-state index is 12.9. The predicted molar refractivity (Wildman–Crippen MR) is 50.0 cm³/mol. The molecule has 0 N–H and O–H groups in total. The number of hydrogen-bond acceptors (Lipinski definition) is 3. The standard InChI is InChI=1S/C9H11ClF2N2O/c10-5-7-13-8(15-14-7)6-1-3-9(11,12)4-2-6/h6H,1-5H2. The van der Waals surface area contributed by atoms with E-state index in [-0.39, 0.29) is 24.6 Å². The summed E-state index contributed by atoms with van der Waals surface area (Å²) in [6.07, 6.45) is 0.598. The van der Waals surface area contributed by atoms with Crippen molar-refractivity contribution in [2.75, 3.05) is 0 Å². The monoisotopic (exact) mass is 236 g/mol. The number of aromatic nitrogens is 2. The Morgan fingerprint density at radius 1 is 1.40 bits per heavy atom. The van der Waals surface area contributed by atoms with E-state index in [1.165, 1.54) is 0 Å². The number of rotatable bonds is 2. The van der Waals surface area contributed by atoms with Crippen molar-refractivity contribution in [3.8, 4) is 0 Å². The zero-order valence-electron chi connectivity index (χ0n) is 8.05. The molecule has 0 amide bonds. The van der Waals surface area contributed by atoms with Gasteiger partial charge in [-0.15, -0.1) is 11.6 Å². The molecule has 2 rings (SSSR count). The zero-order chi connectivity index (χ0) is 10.9. The summed E-state index contributed by atoms with van der Waals surface area (Å²) in [4.78, 5) is 4.05. The van der Waals surface area contributed by atoms with Gasteiger partial charge in [0.2, 0.25) is 11.8 Å². The Bertz CT molecular complexity index is 333. The average molecular weight is 237 g/mol. The van der Waals surface area contributed by atoms with Gasteiger partial charge in [0.1, 0.15) is 0 Å². The highest BCUT2D eigenvalue weighted by Gasteiger charge is 2.37. The smallest absolute Gasteiger partial charge is 0.248 e. The van der Waals surface area contributed by atoms with Crippen LogP contribution in [0.3, 0.4) is 0 Å². The van der Waals surface area contributed by atoms with E-state index in [0.717, 1.165) is 0 Å². The van der Waals surface area contributed by atoms with Crippen LogP contribution in [0.25, 0.3) is 0 Å². The van der Waals surface area contributed by atoms with Gasteiger partial charge in [0.25, 0.3) is 0 Å². The summed E-state index contributed by atoms with van der Waals surface area (Å²) in [7, 11) is 0. The topological polar surface area (TPSA) is 38.9 Å². The Morgan fingerprint density at radius 3 is 2.60 bits per heavy atom.